The Morgan fingerprint density at radius 2 is 1.60 bits per heavy atom. The van der Waals surface area contributed by atoms with Gasteiger partial charge in [-0.1, -0.05) is 63.5 Å². The first-order chi connectivity index (χ1) is 9.65. The van der Waals surface area contributed by atoms with Gasteiger partial charge in [0.15, 0.2) is 5.78 Å². The van der Waals surface area contributed by atoms with E-state index in [1.807, 2.05) is 25.1 Å². The SMILES string of the molecule is CCCCCCCCCCC(=O)c1cc(C)ccc1N. The van der Waals surface area contributed by atoms with E-state index < -0.39 is 0 Å². The van der Waals surface area contributed by atoms with Gasteiger partial charge in [-0.25, -0.2) is 0 Å². The molecule has 0 amide bonds. The number of anilines is 1. The van der Waals surface area contributed by atoms with Crippen molar-refractivity contribution in [1.82, 2.24) is 0 Å². The van der Waals surface area contributed by atoms with E-state index in [-0.39, 0.29) is 5.78 Å². The summed E-state index contributed by atoms with van der Waals surface area (Å²) in [5.74, 6) is 0.192. The van der Waals surface area contributed by atoms with Gasteiger partial charge in [-0.05, 0) is 25.5 Å². The topological polar surface area (TPSA) is 43.1 Å². The molecule has 0 aliphatic carbocycles. The molecule has 0 aliphatic rings. The summed E-state index contributed by atoms with van der Waals surface area (Å²) < 4.78 is 0. The van der Waals surface area contributed by atoms with Crippen LogP contribution in [0.25, 0.3) is 0 Å². The summed E-state index contributed by atoms with van der Waals surface area (Å²) in [4.78, 5) is 12.1. The first-order valence-corrected chi connectivity index (χ1v) is 8.04. The molecule has 112 valence electrons. The van der Waals surface area contributed by atoms with Crippen LogP contribution in [0.4, 0.5) is 5.69 Å². The van der Waals surface area contributed by atoms with Crippen LogP contribution in [0, 0.1) is 6.92 Å². The van der Waals surface area contributed by atoms with Crippen LogP contribution in [0.5, 0.6) is 0 Å². The molecule has 0 bridgehead atoms. The van der Waals surface area contributed by atoms with Crippen molar-refractivity contribution >= 4 is 11.5 Å². The second-order valence-electron chi connectivity index (χ2n) is 5.74. The third-order valence-electron chi connectivity index (χ3n) is 3.77. The number of carbonyl (C=O) groups is 1. The summed E-state index contributed by atoms with van der Waals surface area (Å²) in [5.41, 5.74) is 8.28. The van der Waals surface area contributed by atoms with Gasteiger partial charge >= 0.3 is 0 Å². The summed E-state index contributed by atoms with van der Waals surface area (Å²) in [6, 6.07) is 5.68. The average molecular weight is 275 g/mol. The lowest BCUT2D eigenvalue weighted by Crippen LogP contribution is -2.04. The predicted octanol–water partition coefficient (Wildman–Crippen LogP) is 5.29. The monoisotopic (exact) mass is 275 g/mol. The Labute approximate surface area is 123 Å². The molecule has 1 aromatic rings. The number of hydrogen-bond acceptors (Lipinski definition) is 2. The van der Waals surface area contributed by atoms with Crippen LogP contribution < -0.4 is 5.73 Å². The van der Waals surface area contributed by atoms with Crippen molar-refractivity contribution in [2.75, 3.05) is 5.73 Å². The maximum Gasteiger partial charge on any atom is 0.164 e. The number of aryl methyl sites for hydroxylation is 1. The molecule has 0 heterocycles. The summed E-state index contributed by atoms with van der Waals surface area (Å²) >= 11 is 0. The van der Waals surface area contributed by atoms with Gasteiger partial charge in [-0.2, -0.15) is 0 Å². The van der Waals surface area contributed by atoms with Crippen LogP contribution in [-0.2, 0) is 0 Å². The minimum absolute atomic E-state index is 0.192. The number of hydrogen-bond donors (Lipinski definition) is 1. The fourth-order valence-electron chi connectivity index (χ4n) is 2.47. The normalized spacial score (nSPS) is 10.7. The van der Waals surface area contributed by atoms with Crippen LogP contribution in [0.3, 0.4) is 0 Å². The molecule has 0 saturated heterocycles. The standard InChI is InChI=1S/C18H29NO/c1-3-4-5-6-7-8-9-10-11-18(20)16-14-15(2)12-13-17(16)19/h12-14H,3-11,19H2,1-2H3. The Balaban J connectivity index is 2.18. The van der Waals surface area contributed by atoms with E-state index in [0.717, 1.165) is 18.4 Å². The van der Waals surface area contributed by atoms with E-state index >= 15 is 0 Å². The van der Waals surface area contributed by atoms with E-state index in [4.69, 9.17) is 5.73 Å². The van der Waals surface area contributed by atoms with E-state index in [1.54, 1.807) is 0 Å². The largest absolute Gasteiger partial charge is 0.398 e. The lowest BCUT2D eigenvalue weighted by atomic mass is 10.0. The van der Waals surface area contributed by atoms with Gasteiger partial charge in [0.1, 0.15) is 0 Å². The molecule has 20 heavy (non-hydrogen) atoms. The van der Waals surface area contributed by atoms with Crippen molar-refractivity contribution in [3.63, 3.8) is 0 Å². The molecule has 0 radical (unpaired) electrons. The number of benzene rings is 1. The molecule has 2 nitrogen and oxygen atoms in total. The number of ketones is 1. The average Bonchev–Trinajstić information content (AvgIpc) is 2.44. The molecule has 2 heteroatoms. The minimum Gasteiger partial charge on any atom is -0.398 e. The van der Waals surface area contributed by atoms with Crippen molar-refractivity contribution in [3.05, 3.63) is 29.3 Å². The van der Waals surface area contributed by atoms with E-state index in [0.29, 0.717) is 17.7 Å². The number of Topliss-reactive ketones (excluding diaryl/α,β-unsaturated/α-hetero) is 1. The number of rotatable bonds is 10. The Morgan fingerprint density at radius 1 is 1.00 bits per heavy atom. The lowest BCUT2D eigenvalue weighted by Gasteiger charge is -2.06. The highest BCUT2D eigenvalue weighted by molar-refractivity contribution is 6.00. The Bertz CT molecular complexity index is 412. The van der Waals surface area contributed by atoms with Gasteiger partial charge in [0, 0.05) is 17.7 Å². The van der Waals surface area contributed by atoms with E-state index in [9.17, 15) is 4.79 Å². The molecule has 0 saturated carbocycles. The van der Waals surface area contributed by atoms with Crippen molar-refractivity contribution in [2.45, 2.75) is 71.6 Å². The van der Waals surface area contributed by atoms with Crippen LogP contribution in [0.2, 0.25) is 0 Å². The second-order valence-corrected chi connectivity index (χ2v) is 5.74. The summed E-state index contributed by atoms with van der Waals surface area (Å²) in [6.07, 6.45) is 10.7. The van der Waals surface area contributed by atoms with Gasteiger partial charge < -0.3 is 5.73 Å². The molecular formula is C18H29NO. The predicted molar refractivity (Wildman–Crippen MR) is 87.1 cm³/mol. The smallest absolute Gasteiger partial charge is 0.164 e. The minimum atomic E-state index is 0.192. The summed E-state index contributed by atoms with van der Waals surface area (Å²) in [6.45, 7) is 4.23. The molecule has 0 fully saturated rings. The van der Waals surface area contributed by atoms with Crippen molar-refractivity contribution in [3.8, 4) is 0 Å². The molecule has 0 aromatic heterocycles. The molecule has 0 atom stereocenters. The maximum absolute atomic E-state index is 12.1. The fourth-order valence-corrected chi connectivity index (χ4v) is 2.47. The van der Waals surface area contributed by atoms with Crippen LogP contribution >= 0.6 is 0 Å². The zero-order valence-corrected chi connectivity index (χ0v) is 13.1. The van der Waals surface area contributed by atoms with Crippen LogP contribution in [0.15, 0.2) is 18.2 Å². The van der Waals surface area contributed by atoms with Gasteiger partial charge in [-0.3, -0.25) is 4.79 Å². The second kappa shape index (κ2) is 9.57. The van der Waals surface area contributed by atoms with Crippen molar-refractivity contribution in [1.29, 1.82) is 0 Å². The highest BCUT2D eigenvalue weighted by Crippen LogP contribution is 2.18. The third kappa shape index (κ3) is 6.23. The molecule has 1 rings (SSSR count). The van der Waals surface area contributed by atoms with Crippen molar-refractivity contribution < 1.29 is 4.79 Å². The first-order valence-electron chi connectivity index (χ1n) is 8.04. The van der Waals surface area contributed by atoms with Gasteiger partial charge in [-0.15, -0.1) is 0 Å². The van der Waals surface area contributed by atoms with Crippen LogP contribution in [0.1, 0.15) is 80.6 Å². The Kier molecular flexibility index (Phi) is 8.01. The zero-order valence-electron chi connectivity index (χ0n) is 13.1. The number of unbranched alkanes of at least 4 members (excludes halogenated alkanes) is 7. The lowest BCUT2D eigenvalue weighted by molar-refractivity contribution is 0.0980. The summed E-state index contributed by atoms with van der Waals surface area (Å²) in [7, 11) is 0. The first kappa shape index (κ1) is 16.7. The van der Waals surface area contributed by atoms with Gasteiger partial charge in [0.25, 0.3) is 0 Å². The highest BCUT2D eigenvalue weighted by Gasteiger charge is 2.09. The van der Waals surface area contributed by atoms with Gasteiger partial charge in [0.2, 0.25) is 0 Å². The third-order valence-corrected chi connectivity index (χ3v) is 3.77. The Hall–Kier alpha value is -1.31. The fraction of sp³-hybridized carbons (Fsp3) is 0.611. The highest BCUT2D eigenvalue weighted by atomic mass is 16.1. The molecule has 0 unspecified atom stereocenters. The quantitative estimate of drug-likeness (QED) is 0.358. The molecule has 0 spiro atoms. The zero-order chi connectivity index (χ0) is 14.8. The molecule has 1 aromatic carbocycles. The molecule has 0 aliphatic heterocycles. The van der Waals surface area contributed by atoms with E-state index in [2.05, 4.69) is 6.92 Å². The number of carbonyl (C=O) groups excluding carboxylic acids is 1. The Morgan fingerprint density at radius 3 is 2.25 bits per heavy atom. The van der Waals surface area contributed by atoms with E-state index in [1.165, 1.54) is 38.5 Å². The molecular weight excluding hydrogens is 246 g/mol. The number of nitrogen functional groups attached to an aromatic ring is 1. The molecule has 2 N–H and O–H groups in total. The number of nitrogens with two attached hydrogens (primary N) is 1. The van der Waals surface area contributed by atoms with Crippen LogP contribution in [-0.4, -0.2) is 5.78 Å². The maximum atomic E-state index is 12.1. The van der Waals surface area contributed by atoms with Gasteiger partial charge in [0.05, 0.1) is 0 Å². The van der Waals surface area contributed by atoms with Crippen molar-refractivity contribution in [2.24, 2.45) is 0 Å². The summed E-state index contributed by atoms with van der Waals surface area (Å²) in [5, 5.41) is 0.